The van der Waals surface area contributed by atoms with E-state index in [1.165, 1.54) is 0 Å². The first-order valence-electron chi connectivity index (χ1n) is 8.71. The first-order valence-corrected chi connectivity index (χ1v) is 16.2. The van der Waals surface area contributed by atoms with E-state index in [-0.39, 0.29) is 0 Å². The van der Waals surface area contributed by atoms with Crippen molar-refractivity contribution in [3.8, 4) is 0 Å². The number of ether oxygens (including phenoxy) is 1. The summed E-state index contributed by atoms with van der Waals surface area (Å²) in [4.78, 5) is 78.7. The van der Waals surface area contributed by atoms with Crippen LogP contribution in [0.4, 0.5) is 0 Å². The summed E-state index contributed by atoms with van der Waals surface area (Å²) in [5.74, 6) is 0. The molecule has 23 nitrogen and oxygen atoms in total. The zero-order valence-corrected chi connectivity index (χ0v) is 21.7. The van der Waals surface area contributed by atoms with Gasteiger partial charge >= 0.3 is 44.8 Å². The van der Waals surface area contributed by atoms with Crippen LogP contribution >= 0.6 is 39.1 Å². The summed E-state index contributed by atoms with van der Waals surface area (Å²) < 4.78 is 80.6. The Labute approximate surface area is 202 Å². The van der Waals surface area contributed by atoms with Crippen molar-refractivity contribution in [1.29, 1.82) is 0 Å². The molecule has 0 amide bonds. The molecule has 4 unspecified atom stereocenters. The van der Waals surface area contributed by atoms with Crippen molar-refractivity contribution in [2.45, 2.75) is 24.5 Å². The van der Waals surface area contributed by atoms with E-state index >= 15 is 0 Å². The smallest absolute Gasteiger partial charge is 0.387 e. The summed E-state index contributed by atoms with van der Waals surface area (Å²) >= 11 is 0. The zero-order valence-electron chi connectivity index (χ0n) is 17.2. The molecule has 9 N–H and O–H groups in total. The molecule has 2 rings (SSSR count). The van der Waals surface area contributed by atoms with Crippen LogP contribution in [0.15, 0.2) is 21.9 Å². The monoisotopic (exact) mass is 644 g/mol. The molecule has 1 aromatic rings. The number of aliphatic hydroxyl groups excluding tert-OH is 2. The maximum Gasteiger partial charge on any atom is 0.490 e. The van der Waals surface area contributed by atoms with Gasteiger partial charge in [-0.3, -0.25) is 18.9 Å². The van der Waals surface area contributed by atoms with Crippen LogP contribution in [0.3, 0.4) is 0 Å². The highest BCUT2D eigenvalue weighted by atomic mass is 31.3. The number of hydrogen-bond acceptors (Lipinski definition) is 15. The number of aromatic amines is 1. The normalized spacial score (nSPS) is 29.1. The second kappa shape index (κ2) is 11.4. The van der Waals surface area contributed by atoms with Crippen LogP contribution in [-0.2, 0) is 49.3 Å². The molecule has 1 aliphatic heterocycles. The number of nitrogens with zero attached hydrogens (tertiary/aromatic N) is 1. The van der Waals surface area contributed by atoms with Gasteiger partial charge in [0.05, 0.1) is 6.61 Å². The number of H-pyrrole nitrogens is 1. The van der Waals surface area contributed by atoms with E-state index < -0.39 is 81.5 Å². The number of aliphatic hydroxyl groups is 2. The van der Waals surface area contributed by atoms with Crippen LogP contribution in [-0.4, -0.2) is 74.0 Å². The molecular weight excluding hydrogens is 627 g/mol. The number of hydrogen-bond donors (Lipinski definition) is 9. The van der Waals surface area contributed by atoms with E-state index in [1.807, 2.05) is 4.98 Å². The van der Waals surface area contributed by atoms with Crippen molar-refractivity contribution in [3.05, 3.63) is 33.1 Å². The molecule has 1 aromatic heterocycles. The molecule has 0 saturated carbocycles. The van der Waals surface area contributed by atoms with Gasteiger partial charge in [-0.1, -0.05) is 0 Å². The van der Waals surface area contributed by atoms with E-state index in [0.29, 0.717) is 4.57 Å². The highest BCUT2D eigenvalue weighted by Crippen LogP contribution is 2.73. The Hall–Kier alpha value is -0.730. The maximum absolute atomic E-state index is 11.9. The molecule has 0 bridgehead atoms. The average molecular weight is 644 g/mol. The maximum atomic E-state index is 11.9. The molecule has 1 saturated heterocycles. The highest BCUT2D eigenvalue weighted by molar-refractivity contribution is 7.71. The summed E-state index contributed by atoms with van der Waals surface area (Å²) in [6.45, 7) is -1.21. The van der Waals surface area contributed by atoms with Crippen molar-refractivity contribution in [2.24, 2.45) is 0 Å². The Morgan fingerprint density at radius 1 is 0.811 bits per heavy atom. The minimum absolute atomic E-state index is 0.634. The number of phosphoric ester groups is 1. The lowest BCUT2D eigenvalue weighted by Crippen LogP contribution is -2.37. The summed E-state index contributed by atoms with van der Waals surface area (Å²) in [5, 5.41) is 20.1. The lowest BCUT2D eigenvalue weighted by Gasteiger charge is -2.20. The molecule has 1 fully saturated rings. The van der Waals surface area contributed by atoms with Crippen LogP contribution in [0.2, 0.25) is 0 Å². The first-order chi connectivity index (χ1) is 16.5. The van der Waals surface area contributed by atoms with Crippen LogP contribution in [0.1, 0.15) is 6.23 Å². The average Bonchev–Trinajstić information content (AvgIpc) is 2.89. The van der Waals surface area contributed by atoms with Crippen LogP contribution < -0.4 is 11.2 Å². The standard InChI is InChI=1S/C9H17N2O21P5/c12-5-1-2-11(9(15)10-5)8-7(14)6(13)4(28-8)3-27-34(19,20)30-36(23,24)32-37(25,26)31-35(21,22)29-33(16,17)18/h1-2,4,6-8,13-14H,3H2,(H,19,20)(H,21,22)(H,23,24)(H,25,26)(H,10,12,15)(H2,16,17,18)/t4-,6-,7-,8-/m1/s1. The molecule has 28 heteroatoms. The van der Waals surface area contributed by atoms with Gasteiger partial charge in [-0.05, 0) is 0 Å². The fraction of sp³-hybridized carbons (Fsp3) is 0.556. The molecule has 0 aromatic carbocycles. The predicted octanol–water partition coefficient (Wildman–Crippen LogP) is -2.27. The predicted molar refractivity (Wildman–Crippen MR) is 109 cm³/mol. The Kier molecular flexibility index (Phi) is 10.0. The third kappa shape index (κ3) is 10.1. The van der Waals surface area contributed by atoms with Crippen molar-refractivity contribution in [1.82, 2.24) is 9.55 Å². The van der Waals surface area contributed by atoms with E-state index in [2.05, 4.69) is 21.8 Å². The summed E-state index contributed by atoms with van der Waals surface area (Å²) in [7, 11) is -30.2. The van der Waals surface area contributed by atoms with Gasteiger partial charge in [0.2, 0.25) is 0 Å². The Morgan fingerprint density at radius 3 is 1.78 bits per heavy atom. The minimum atomic E-state index is -6.28. The summed E-state index contributed by atoms with van der Waals surface area (Å²) in [5.41, 5.74) is -1.88. The lowest BCUT2D eigenvalue weighted by atomic mass is 10.1. The van der Waals surface area contributed by atoms with Crippen molar-refractivity contribution >= 4 is 39.1 Å². The fourth-order valence-electron chi connectivity index (χ4n) is 2.49. The molecular formula is C9H17N2O21P5. The van der Waals surface area contributed by atoms with Gasteiger partial charge in [0.25, 0.3) is 5.56 Å². The third-order valence-corrected chi connectivity index (χ3v) is 10.8. The van der Waals surface area contributed by atoms with Crippen molar-refractivity contribution in [2.75, 3.05) is 6.61 Å². The fourth-order valence-corrected chi connectivity index (χ4v) is 8.38. The van der Waals surface area contributed by atoms with E-state index in [4.69, 9.17) is 19.4 Å². The van der Waals surface area contributed by atoms with E-state index in [9.17, 15) is 57.3 Å². The second-order valence-corrected chi connectivity index (χ2v) is 14.2. The molecule has 37 heavy (non-hydrogen) atoms. The molecule has 0 spiro atoms. The SMILES string of the molecule is O=c1ccn([C@@H]2O[C@H](COP(=O)(O)OP(=O)(O)OP(=O)(O)OP(=O)(O)OP(=O)(O)O)[C@@H](O)[C@H]2O)c(=O)[nH]1. The third-order valence-electron chi connectivity index (χ3n) is 3.69. The molecule has 1 aliphatic rings. The van der Waals surface area contributed by atoms with Gasteiger partial charge in [0, 0.05) is 12.3 Å². The topological polar surface area (TPSA) is 357 Å². The summed E-state index contributed by atoms with van der Waals surface area (Å²) in [6.07, 6.45) is -6.28. The molecule has 0 radical (unpaired) electrons. The number of nitrogens with one attached hydrogen (secondary N) is 1. The largest absolute Gasteiger partial charge is 0.490 e. The van der Waals surface area contributed by atoms with Gasteiger partial charge in [0.15, 0.2) is 6.23 Å². The van der Waals surface area contributed by atoms with Crippen LogP contribution in [0.5, 0.6) is 0 Å². The van der Waals surface area contributed by atoms with E-state index in [0.717, 1.165) is 12.3 Å². The Bertz CT molecular complexity index is 1350. The van der Waals surface area contributed by atoms with Gasteiger partial charge in [-0.25, -0.2) is 27.6 Å². The van der Waals surface area contributed by atoms with Crippen molar-refractivity contribution < 1.29 is 88.9 Å². The highest BCUT2D eigenvalue weighted by Gasteiger charge is 2.49. The molecule has 214 valence electrons. The van der Waals surface area contributed by atoms with Gasteiger partial charge < -0.3 is 44.3 Å². The zero-order chi connectivity index (χ0) is 28.6. The number of rotatable bonds is 12. The Morgan fingerprint density at radius 2 is 1.30 bits per heavy atom. The van der Waals surface area contributed by atoms with Gasteiger partial charge in [-0.2, -0.15) is 17.2 Å². The lowest BCUT2D eigenvalue weighted by molar-refractivity contribution is -0.0542. The molecule has 2 heterocycles. The van der Waals surface area contributed by atoms with E-state index in [1.54, 1.807) is 0 Å². The van der Waals surface area contributed by atoms with Gasteiger partial charge in [-0.15, -0.1) is 0 Å². The minimum Gasteiger partial charge on any atom is -0.387 e. The quantitative estimate of drug-likeness (QED) is 0.108. The first kappa shape index (κ1) is 32.5. The summed E-state index contributed by atoms with van der Waals surface area (Å²) in [6, 6.07) is 0.861. The number of aromatic nitrogens is 2. The van der Waals surface area contributed by atoms with Crippen LogP contribution in [0.25, 0.3) is 0 Å². The van der Waals surface area contributed by atoms with Crippen LogP contribution in [0, 0.1) is 0 Å². The molecule has 0 aliphatic carbocycles. The second-order valence-electron chi connectivity index (χ2n) is 6.55. The Balaban J connectivity index is 2.03. The molecule has 8 atom stereocenters. The number of phosphoric acid groups is 5. The van der Waals surface area contributed by atoms with Crippen molar-refractivity contribution in [3.63, 3.8) is 0 Å². The van der Waals surface area contributed by atoms with Gasteiger partial charge in [0.1, 0.15) is 18.3 Å².